The Balaban J connectivity index is 1.85. The second kappa shape index (κ2) is 10.5. The van der Waals surface area contributed by atoms with E-state index in [-0.39, 0.29) is 16.8 Å². The zero-order valence-electron chi connectivity index (χ0n) is 19.5. The highest BCUT2D eigenvalue weighted by atomic mass is 19.4. The summed E-state index contributed by atoms with van der Waals surface area (Å²) in [5.41, 5.74) is -1.30. The van der Waals surface area contributed by atoms with Crippen LogP contribution in [0.4, 0.5) is 18.9 Å². The second-order valence-electron chi connectivity index (χ2n) is 7.88. The summed E-state index contributed by atoms with van der Waals surface area (Å²) in [5.74, 6) is -1.88. The average molecular weight is 507 g/mol. The zero-order valence-corrected chi connectivity index (χ0v) is 19.5. The molecule has 3 aromatic carbocycles. The van der Waals surface area contributed by atoms with E-state index in [1.54, 1.807) is 60.7 Å². The number of ether oxygens (including phenoxy) is 1. The van der Waals surface area contributed by atoms with Crippen LogP contribution < -0.4 is 10.9 Å². The summed E-state index contributed by atoms with van der Waals surface area (Å²) >= 11 is 0. The van der Waals surface area contributed by atoms with Gasteiger partial charge < -0.3 is 10.1 Å². The highest BCUT2D eigenvalue weighted by Crippen LogP contribution is 2.35. The molecule has 0 saturated heterocycles. The van der Waals surface area contributed by atoms with E-state index < -0.39 is 41.4 Å². The molecule has 188 valence electrons. The minimum absolute atomic E-state index is 0.211. The monoisotopic (exact) mass is 507 g/mol. The van der Waals surface area contributed by atoms with E-state index in [0.29, 0.717) is 11.1 Å². The van der Waals surface area contributed by atoms with Crippen LogP contribution in [0.3, 0.4) is 0 Å². The van der Waals surface area contributed by atoms with E-state index in [4.69, 9.17) is 4.74 Å². The van der Waals surface area contributed by atoms with Gasteiger partial charge in [-0.25, -0.2) is 9.48 Å². The number of para-hydroxylation sites is 1. The fraction of sp³-hybridized carbons (Fsp3) is 0.111. The standard InChI is InChI=1S/C27H20F3N3O4/c1-37-26(36)23-22(17-10-4-2-5-11-17)24(18-12-6-3-7-13-18)32-33(25(23)35)16-21(34)31-20-15-9-8-14-19(20)27(28,29)30/h2-15H,16H2,1H3,(H,31,34). The van der Waals surface area contributed by atoms with Crippen LogP contribution in [0, 0.1) is 0 Å². The molecule has 4 rings (SSSR count). The van der Waals surface area contributed by atoms with Gasteiger partial charge in [0.2, 0.25) is 5.91 Å². The molecular formula is C27H20F3N3O4. The van der Waals surface area contributed by atoms with Crippen molar-refractivity contribution in [3.63, 3.8) is 0 Å². The van der Waals surface area contributed by atoms with Gasteiger partial charge in [-0.05, 0) is 17.7 Å². The molecule has 0 aliphatic carbocycles. The van der Waals surface area contributed by atoms with Crippen molar-refractivity contribution in [3.8, 4) is 22.4 Å². The molecule has 37 heavy (non-hydrogen) atoms. The maximum atomic E-state index is 13.4. The number of hydrogen-bond acceptors (Lipinski definition) is 5. The van der Waals surface area contributed by atoms with Gasteiger partial charge in [0.25, 0.3) is 5.56 Å². The van der Waals surface area contributed by atoms with E-state index in [9.17, 15) is 27.6 Å². The number of hydrogen-bond donors (Lipinski definition) is 1. The number of alkyl halides is 3. The van der Waals surface area contributed by atoms with Crippen molar-refractivity contribution >= 4 is 17.6 Å². The summed E-state index contributed by atoms with van der Waals surface area (Å²) < 4.78 is 45.7. The van der Waals surface area contributed by atoms with Crippen molar-refractivity contribution in [3.05, 3.63) is 106 Å². The van der Waals surface area contributed by atoms with E-state index in [0.717, 1.165) is 23.9 Å². The maximum absolute atomic E-state index is 13.4. The number of benzene rings is 3. The Hall–Kier alpha value is -4.73. The third-order valence-electron chi connectivity index (χ3n) is 5.45. The lowest BCUT2D eigenvalue weighted by Gasteiger charge is -2.17. The minimum Gasteiger partial charge on any atom is -0.465 e. The highest BCUT2D eigenvalue weighted by Gasteiger charge is 2.34. The van der Waals surface area contributed by atoms with Crippen LogP contribution in [0.5, 0.6) is 0 Å². The van der Waals surface area contributed by atoms with Crippen LogP contribution in [0.15, 0.2) is 89.7 Å². The number of methoxy groups -OCH3 is 1. The van der Waals surface area contributed by atoms with Gasteiger partial charge in [-0.2, -0.15) is 18.3 Å². The molecular weight excluding hydrogens is 487 g/mol. The number of esters is 1. The van der Waals surface area contributed by atoms with Gasteiger partial charge in [0.15, 0.2) is 0 Å². The Kier molecular flexibility index (Phi) is 7.19. The van der Waals surface area contributed by atoms with Crippen molar-refractivity contribution in [1.82, 2.24) is 9.78 Å². The summed E-state index contributed by atoms with van der Waals surface area (Å²) in [6.45, 7) is -0.746. The van der Waals surface area contributed by atoms with Gasteiger partial charge in [-0.15, -0.1) is 0 Å². The first-order valence-corrected chi connectivity index (χ1v) is 11.0. The molecule has 0 saturated carbocycles. The minimum atomic E-state index is -4.70. The number of carbonyl (C=O) groups excluding carboxylic acids is 2. The van der Waals surface area contributed by atoms with Crippen molar-refractivity contribution in [2.75, 3.05) is 12.4 Å². The third-order valence-corrected chi connectivity index (χ3v) is 5.45. The third kappa shape index (κ3) is 5.43. The fourth-order valence-corrected chi connectivity index (χ4v) is 3.82. The molecule has 1 amide bonds. The molecule has 10 heteroatoms. The normalized spacial score (nSPS) is 11.1. The Bertz CT molecular complexity index is 1500. The van der Waals surface area contributed by atoms with Crippen LogP contribution in [0.2, 0.25) is 0 Å². The van der Waals surface area contributed by atoms with Crippen LogP contribution in [-0.4, -0.2) is 28.8 Å². The number of halogens is 3. The van der Waals surface area contributed by atoms with Gasteiger partial charge in [-0.3, -0.25) is 9.59 Å². The van der Waals surface area contributed by atoms with E-state index in [1.165, 1.54) is 12.1 Å². The van der Waals surface area contributed by atoms with Gasteiger partial charge >= 0.3 is 12.1 Å². The maximum Gasteiger partial charge on any atom is 0.418 e. The first-order chi connectivity index (χ1) is 17.7. The number of nitrogens with zero attached hydrogens (tertiary/aromatic N) is 2. The molecule has 1 aromatic heterocycles. The smallest absolute Gasteiger partial charge is 0.418 e. The van der Waals surface area contributed by atoms with Crippen molar-refractivity contribution < 1.29 is 27.5 Å². The number of rotatable bonds is 6. The zero-order chi connectivity index (χ0) is 26.6. The number of carbonyl (C=O) groups is 2. The SMILES string of the molecule is COC(=O)c1c(-c2ccccc2)c(-c2ccccc2)nn(CC(=O)Nc2ccccc2C(F)(F)F)c1=O. The predicted molar refractivity (Wildman–Crippen MR) is 131 cm³/mol. The van der Waals surface area contributed by atoms with Gasteiger partial charge in [0, 0.05) is 11.1 Å². The Morgan fingerprint density at radius 1 is 0.892 bits per heavy atom. The molecule has 0 atom stereocenters. The topological polar surface area (TPSA) is 90.3 Å². The number of aromatic nitrogens is 2. The lowest BCUT2D eigenvalue weighted by Crippen LogP contribution is -2.35. The lowest BCUT2D eigenvalue weighted by molar-refractivity contribution is -0.137. The van der Waals surface area contributed by atoms with Crippen molar-refractivity contribution in [1.29, 1.82) is 0 Å². The number of anilines is 1. The molecule has 0 aliphatic heterocycles. The molecule has 1 N–H and O–H groups in total. The molecule has 4 aromatic rings. The van der Waals surface area contributed by atoms with Gasteiger partial charge in [-0.1, -0.05) is 72.8 Å². The van der Waals surface area contributed by atoms with E-state index in [2.05, 4.69) is 10.4 Å². The summed E-state index contributed by atoms with van der Waals surface area (Å²) in [6, 6.07) is 21.7. The summed E-state index contributed by atoms with van der Waals surface area (Å²) in [5, 5.41) is 6.55. The predicted octanol–water partition coefficient (Wildman–Crippen LogP) is 5.02. The molecule has 0 unspecified atom stereocenters. The summed E-state index contributed by atoms with van der Waals surface area (Å²) in [4.78, 5) is 39.0. The molecule has 0 spiro atoms. The van der Waals surface area contributed by atoms with Crippen LogP contribution in [0.25, 0.3) is 22.4 Å². The first kappa shape index (κ1) is 25.4. The van der Waals surface area contributed by atoms with E-state index >= 15 is 0 Å². The molecule has 7 nitrogen and oxygen atoms in total. The lowest BCUT2D eigenvalue weighted by atomic mass is 9.95. The molecule has 0 aliphatic rings. The second-order valence-corrected chi connectivity index (χ2v) is 7.88. The van der Waals surface area contributed by atoms with Crippen molar-refractivity contribution in [2.24, 2.45) is 0 Å². The summed E-state index contributed by atoms with van der Waals surface area (Å²) in [6.07, 6.45) is -4.70. The molecule has 1 heterocycles. The Labute approximate surface area is 209 Å². The number of nitrogens with one attached hydrogen (secondary N) is 1. The Morgan fingerprint density at radius 3 is 2.05 bits per heavy atom. The largest absolute Gasteiger partial charge is 0.465 e. The fourth-order valence-electron chi connectivity index (χ4n) is 3.82. The Morgan fingerprint density at radius 2 is 1.46 bits per heavy atom. The van der Waals surface area contributed by atoms with Crippen LogP contribution in [-0.2, 0) is 22.3 Å². The van der Waals surface area contributed by atoms with Crippen LogP contribution >= 0.6 is 0 Å². The highest BCUT2D eigenvalue weighted by molar-refractivity contribution is 6.01. The quantitative estimate of drug-likeness (QED) is 0.370. The molecule has 0 fully saturated rings. The van der Waals surface area contributed by atoms with Gasteiger partial charge in [0.05, 0.1) is 24.1 Å². The van der Waals surface area contributed by atoms with Gasteiger partial charge in [0.1, 0.15) is 12.1 Å². The molecule has 0 bridgehead atoms. The average Bonchev–Trinajstić information content (AvgIpc) is 2.89. The first-order valence-electron chi connectivity index (χ1n) is 11.0. The van der Waals surface area contributed by atoms with Crippen LogP contribution in [0.1, 0.15) is 15.9 Å². The summed E-state index contributed by atoms with van der Waals surface area (Å²) in [7, 11) is 1.12. The van der Waals surface area contributed by atoms with E-state index in [1.807, 2.05) is 0 Å². The van der Waals surface area contributed by atoms with Crippen molar-refractivity contribution in [2.45, 2.75) is 12.7 Å². The number of amides is 1. The molecule has 0 radical (unpaired) electrons.